The molecule has 20 heavy (non-hydrogen) atoms. The largest absolute Gasteiger partial charge is 0.335 e. The van der Waals surface area contributed by atoms with Gasteiger partial charge in [0.1, 0.15) is 0 Å². The average molecular weight is 276 g/mol. The van der Waals surface area contributed by atoms with Crippen LogP contribution in [0.15, 0.2) is 0 Å². The minimum atomic E-state index is 0.111. The number of carbonyl (C=O) groups is 1. The normalized spacial score (nSPS) is 23.5. The van der Waals surface area contributed by atoms with Crippen molar-refractivity contribution in [2.24, 2.45) is 0 Å². The molecular formula is C15H24N4O. The van der Waals surface area contributed by atoms with Gasteiger partial charge < -0.3 is 10.2 Å². The Bertz CT molecular complexity index is 473. The first-order valence-electron chi connectivity index (χ1n) is 7.75. The van der Waals surface area contributed by atoms with Crippen LogP contribution in [-0.4, -0.2) is 33.7 Å². The Morgan fingerprint density at radius 2 is 2.05 bits per heavy atom. The summed E-state index contributed by atoms with van der Waals surface area (Å²) in [4.78, 5) is 14.6. The van der Waals surface area contributed by atoms with Crippen LogP contribution in [0.4, 0.5) is 4.79 Å². The average Bonchev–Trinajstić information content (AvgIpc) is 3.19. The summed E-state index contributed by atoms with van der Waals surface area (Å²) in [7, 11) is 0. The van der Waals surface area contributed by atoms with Crippen LogP contribution in [0.25, 0.3) is 0 Å². The standard InChI is InChI=1S/C15H24N4O/c1-10-14(11(2)18-17-10)13-6-4-3-5-9-19(13)15(20)16-12-7-8-12/h12-13H,3-9H2,1-2H3,(H,16,20)(H,17,18)/t13-/m0/s1. The molecule has 2 aliphatic rings. The van der Waals surface area contributed by atoms with Crippen LogP contribution in [0.2, 0.25) is 0 Å². The number of nitrogens with one attached hydrogen (secondary N) is 2. The molecule has 0 bridgehead atoms. The number of aryl methyl sites for hydroxylation is 2. The molecule has 2 amide bonds. The van der Waals surface area contributed by atoms with Crippen LogP contribution in [0.5, 0.6) is 0 Å². The second-order valence-corrected chi connectivity index (χ2v) is 6.13. The number of amides is 2. The molecule has 1 aromatic heterocycles. The summed E-state index contributed by atoms with van der Waals surface area (Å²) in [5.41, 5.74) is 3.34. The summed E-state index contributed by atoms with van der Waals surface area (Å²) >= 11 is 0. The summed E-state index contributed by atoms with van der Waals surface area (Å²) < 4.78 is 0. The van der Waals surface area contributed by atoms with E-state index in [9.17, 15) is 4.79 Å². The highest BCUT2D eigenvalue weighted by Crippen LogP contribution is 2.33. The number of carbonyl (C=O) groups excluding carboxylic acids is 1. The summed E-state index contributed by atoms with van der Waals surface area (Å²) in [6.07, 6.45) is 6.80. The minimum Gasteiger partial charge on any atom is -0.335 e. The van der Waals surface area contributed by atoms with Gasteiger partial charge in [-0.15, -0.1) is 0 Å². The van der Waals surface area contributed by atoms with Gasteiger partial charge in [0.05, 0.1) is 11.7 Å². The van der Waals surface area contributed by atoms with Gasteiger partial charge in [0.15, 0.2) is 0 Å². The molecular weight excluding hydrogens is 252 g/mol. The fourth-order valence-electron chi connectivity index (χ4n) is 3.19. The maximum absolute atomic E-state index is 12.5. The van der Waals surface area contributed by atoms with E-state index >= 15 is 0 Å². The molecule has 1 atom stereocenters. The molecule has 0 unspecified atom stereocenters. The molecule has 5 nitrogen and oxygen atoms in total. The molecule has 2 fully saturated rings. The van der Waals surface area contributed by atoms with Crippen molar-refractivity contribution in [3.8, 4) is 0 Å². The van der Waals surface area contributed by atoms with Gasteiger partial charge in [0.25, 0.3) is 0 Å². The number of hydrogen-bond donors (Lipinski definition) is 2. The minimum absolute atomic E-state index is 0.111. The Morgan fingerprint density at radius 1 is 1.25 bits per heavy atom. The predicted molar refractivity (Wildman–Crippen MR) is 77.5 cm³/mol. The lowest BCUT2D eigenvalue weighted by molar-refractivity contribution is 0.175. The molecule has 1 aromatic rings. The van der Waals surface area contributed by atoms with E-state index in [1.54, 1.807) is 0 Å². The van der Waals surface area contributed by atoms with E-state index in [1.165, 1.54) is 18.4 Å². The van der Waals surface area contributed by atoms with Gasteiger partial charge in [-0.1, -0.05) is 12.8 Å². The fourth-order valence-corrected chi connectivity index (χ4v) is 3.19. The zero-order chi connectivity index (χ0) is 14.1. The molecule has 1 saturated carbocycles. The highest BCUT2D eigenvalue weighted by atomic mass is 16.2. The molecule has 0 radical (unpaired) electrons. The predicted octanol–water partition coefficient (Wildman–Crippen LogP) is 2.82. The molecule has 1 aliphatic heterocycles. The van der Waals surface area contributed by atoms with Gasteiger partial charge in [-0.05, 0) is 39.5 Å². The highest BCUT2D eigenvalue weighted by molar-refractivity contribution is 5.75. The number of aromatic amines is 1. The van der Waals surface area contributed by atoms with Gasteiger partial charge in [0, 0.05) is 23.8 Å². The van der Waals surface area contributed by atoms with Crippen molar-refractivity contribution in [1.29, 1.82) is 0 Å². The first-order valence-corrected chi connectivity index (χ1v) is 7.75. The molecule has 5 heteroatoms. The van der Waals surface area contributed by atoms with E-state index in [0.29, 0.717) is 6.04 Å². The molecule has 0 spiro atoms. The Balaban J connectivity index is 1.85. The van der Waals surface area contributed by atoms with Crippen molar-refractivity contribution in [3.05, 3.63) is 17.0 Å². The molecule has 0 aromatic carbocycles. The number of H-pyrrole nitrogens is 1. The monoisotopic (exact) mass is 276 g/mol. The van der Waals surface area contributed by atoms with E-state index in [0.717, 1.165) is 43.6 Å². The van der Waals surface area contributed by atoms with Crippen LogP contribution in [-0.2, 0) is 0 Å². The molecule has 1 saturated heterocycles. The number of nitrogens with zero attached hydrogens (tertiary/aromatic N) is 2. The molecule has 2 heterocycles. The number of hydrogen-bond acceptors (Lipinski definition) is 2. The van der Waals surface area contributed by atoms with Gasteiger partial charge in [-0.3, -0.25) is 5.10 Å². The van der Waals surface area contributed by atoms with E-state index in [4.69, 9.17) is 0 Å². The van der Waals surface area contributed by atoms with Crippen molar-refractivity contribution in [1.82, 2.24) is 20.4 Å². The van der Waals surface area contributed by atoms with E-state index in [-0.39, 0.29) is 12.1 Å². The van der Waals surface area contributed by atoms with E-state index in [1.807, 2.05) is 11.8 Å². The summed E-state index contributed by atoms with van der Waals surface area (Å²) in [5, 5.41) is 10.5. The first kappa shape index (κ1) is 13.5. The third-order valence-corrected chi connectivity index (χ3v) is 4.44. The zero-order valence-electron chi connectivity index (χ0n) is 12.4. The lowest BCUT2D eigenvalue weighted by Gasteiger charge is -2.30. The van der Waals surface area contributed by atoms with Crippen LogP contribution in [0.1, 0.15) is 61.5 Å². The maximum atomic E-state index is 12.5. The topological polar surface area (TPSA) is 61.0 Å². The Kier molecular flexibility index (Phi) is 3.68. The van der Waals surface area contributed by atoms with Gasteiger partial charge >= 0.3 is 6.03 Å². The zero-order valence-corrected chi connectivity index (χ0v) is 12.4. The smallest absolute Gasteiger partial charge is 0.318 e. The van der Waals surface area contributed by atoms with Gasteiger partial charge in [0.2, 0.25) is 0 Å². The number of urea groups is 1. The lowest BCUT2D eigenvalue weighted by atomic mass is 9.99. The molecule has 1 aliphatic carbocycles. The summed E-state index contributed by atoms with van der Waals surface area (Å²) in [6.45, 7) is 4.94. The van der Waals surface area contributed by atoms with Crippen LogP contribution >= 0.6 is 0 Å². The van der Waals surface area contributed by atoms with Gasteiger partial charge in [-0.25, -0.2) is 4.79 Å². The quantitative estimate of drug-likeness (QED) is 0.872. The third-order valence-electron chi connectivity index (χ3n) is 4.44. The number of likely N-dealkylation sites (tertiary alicyclic amines) is 1. The summed E-state index contributed by atoms with van der Waals surface area (Å²) in [6, 6.07) is 0.701. The van der Waals surface area contributed by atoms with Gasteiger partial charge in [-0.2, -0.15) is 5.10 Å². The lowest BCUT2D eigenvalue weighted by Crippen LogP contribution is -2.43. The second-order valence-electron chi connectivity index (χ2n) is 6.13. The van der Waals surface area contributed by atoms with Crippen molar-refractivity contribution in [2.75, 3.05) is 6.54 Å². The molecule has 2 N–H and O–H groups in total. The molecule has 110 valence electrons. The Hall–Kier alpha value is -1.52. The van der Waals surface area contributed by atoms with Crippen molar-refractivity contribution < 1.29 is 4.79 Å². The highest BCUT2D eigenvalue weighted by Gasteiger charge is 2.32. The Morgan fingerprint density at radius 3 is 2.70 bits per heavy atom. The Labute approximate surface area is 120 Å². The van der Waals surface area contributed by atoms with E-state index in [2.05, 4.69) is 22.4 Å². The summed E-state index contributed by atoms with van der Waals surface area (Å²) in [5.74, 6) is 0. The second kappa shape index (κ2) is 5.46. The van der Waals surface area contributed by atoms with Crippen molar-refractivity contribution in [2.45, 2.75) is 64.5 Å². The number of rotatable bonds is 2. The SMILES string of the molecule is Cc1n[nH]c(C)c1[C@@H]1CCCCCN1C(=O)NC1CC1. The number of aromatic nitrogens is 2. The fraction of sp³-hybridized carbons (Fsp3) is 0.733. The maximum Gasteiger partial charge on any atom is 0.318 e. The van der Waals surface area contributed by atoms with Crippen molar-refractivity contribution >= 4 is 6.03 Å². The van der Waals surface area contributed by atoms with Crippen LogP contribution < -0.4 is 5.32 Å². The van der Waals surface area contributed by atoms with Crippen molar-refractivity contribution in [3.63, 3.8) is 0 Å². The molecule has 3 rings (SSSR count). The van der Waals surface area contributed by atoms with E-state index < -0.39 is 0 Å². The third kappa shape index (κ3) is 2.67. The van der Waals surface area contributed by atoms with Crippen LogP contribution in [0, 0.1) is 13.8 Å². The first-order chi connectivity index (χ1) is 9.66. The van der Waals surface area contributed by atoms with Crippen LogP contribution in [0.3, 0.4) is 0 Å².